The van der Waals surface area contributed by atoms with E-state index in [4.69, 9.17) is 0 Å². The van der Waals surface area contributed by atoms with Crippen LogP contribution in [0.1, 0.15) is 113 Å². The van der Waals surface area contributed by atoms with Crippen LogP contribution in [0.2, 0.25) is 0 Å². The van der Waals surface area contributed by atoms with Crippen LogP contribution in [0, 0.1) is 0 Å². The van der Waals surface area contributed by atoms with E-state index in [1.165, 1.54) is 101 Å². The molecule has 1 unspecified atom stereocenters. The summed E-state index contributed by atoms with van der Waals surface area (Å²) in [6.07, 6.45) is 18.6. The summed E-state index contributed by atoms with van der Waals surface area (Å²) in [6.45, 7) is 5.87. The molecule has 2 aromatic rings. The van der Waals surface area contributed by atoms with Crippen LogP contribution in [0.15, 0.2) is 60.7 Å². The molecule has 0 saturated heterocycles. The Labute approximate surface area is 216 Å². The highest BCUT2D eigenvalue weighted by Gasteiger charge is 2.23. The zero-order valence-corrected chi connectivity index (χ0v) is 23.0. The van der Waals surface area contributed by atoms with Crippen molar-refractivity contribution in [3.05, 3.63) is 71.8 Å². The third-order valence-electron chi connectivity index (χ3n) is 7.11. The monoisotopic (exact) mass is 481 g/mol. The van der Waals surface area contributed by atoms with Crippen molar-refractivity contribution in [2.24, 2.45) is 0 Å². The molecule has 0 aromatic heterocycles. The topological polar surface area (TPSA) is 40.1 Å². The Morgan fingerprint density at radius 3 is 1.57 bits per heavy atom. The molecule has 0 bridgehead atoms. The second-order valence-corrected chi connectivity index (χ2v) is 10.6. The number of benzene rings is 2. The van der Waals surface area contributed by atoms with Crippen LogP contribution in [0.25, 0.3) is 0 Å². The van der Waals surface area contributed by atoms with Gasteiger partial charge in [-0.2, -0.15) is 0 Å². The van der Waals surface area contributed by atoms with Gasteiger partial charge in [0.05, 0.1) is 26.1 Å². The Kier molecular flexibility index (Phi) is 16.9. The predicted octanol–water partition coefficient (Wildman–Crippen LogP) is 7.79. The van der Waals surface area contributed by atoms with E-state index in [1.54, 1.807) is 18.2 Å². The lowest BCUT2D eigenvalue weighted by atomic mass is 10.0. The average molecular weight is 482 g/mol. The van der Waals surface area contributed by atoms with Gasteiger partial charge in [-0.15, -0.1) is 0 Å². The molecule has 0 spiro atoms. The second kappa shape index (κ2) is 19.1. The van der Waals surface area contributed by atoms with Crippen molar-refractivity contribution in [2.45, 2.75) is 110 Å². The van der Waals surface area contributed by atoms with E-state index in [-0.39, 0.29) is 5.56 Å². The quantitative estimate of drug-likeness (QED) is 0.171. The molecule has 2 aromatic carbocycles. The van der Waals surface area contributed by atoms with Crippen LogP contribution in [-0.2, 0) is 6.54 Å². The van der Waals surface area contributed by atoms with Gasteiger partial charge in [-0.05, 0) is 25.3 Å². The van der Waals surface area contributed by atoms with Gasteiger partial charge in [-0.1, -0.05) is 138 Å². The van der Waals surface area contributed by atoms with Crippen molar-refractivity contribution >= 4 is 5.97 Å². The summed E-state index contributed by atoms with van der Waals surface area (Å²) in [5.74, 6) is -1.13. The molecule has 2 rings (SSSR count). The van der Waals surface area contributed by atoms with Crippen molar-refractivity contribution in [1.29, 1.82) is 0 Å². The van der Waals surface area contributed by atoms with E-state index >= 15 is 0 Å². The zero-order valence-electron chi connectivity index (χ0n) is 23.0. The molecular weight excluding hydrogens is 430 g/mol. The maximum Gasteiger partial charge on any atom is 0.104 e. The molecule has 3 nitrogen and oxygen atoms in total. The first-order valence-corrected chi connectivity index (χ1v) is 14.0. The van der Waals surface area contributed by atoms with Crippen molar-refractivity contribution in [2.75, 3.05) is 14.1 Å². The zero-order chi connectivity index (χ0) is 25.8. The number of carbonyl (C=O) groups is 1. The molecule has 0 N–H and O–H groups in total. The van der Waals surface area contributed by atoms with Crippen molar-refractivity contribution in [1.82, 2.24) is 0 Å². The van der Waals surface area contributed by atoms with E-state index in [2.05, 4.69) is 58.3 Å². The Balaban J connectivity index is 0.000000566. The third kappa shape index (κ3) is 15.5. The number of carboxylic acid groups (broad SMARTS) is 1. The van der Waals surface area contributed by atoms with E-state index < -0.39 is 5.97 Å². The van der Waals surface area contributed by atoms with Gasteiger partial charge in [0.1, 0.15) is 6.54 Å². The summed E-state index contributed by atoms with van der Waals surface area (Å²) in [5.41, 5.74) is 1.68. The molecule has 0 heterocycles. The highest BCUT2D eigenvalue weighted by Crippen LogP contribution is 2.19. The number of rotatable bonds is 17. The van der Waals surface area contributed by atoms with Gasteiger partial charge >= 0.3 is 0 Å². The van der Waals surface area contributed by atoms with Gasteiger partial charge in [0.25, 0.3) is 0 Å². The van der Waals surface area contributed by atoms with E-state index in [0.717, 1.165) is 17.1 Å². The fourth-order valence-electron chi connectivity index (χ4n) is 4.41. The van der Waals surface area contributed by atoms with Crippen molar-refractivity contribution in [3.63, 3.8) is 0 Å². The van der Waals surface area contributed by atoms with Crippen LogP contribution in [0.4, 0.5) is 0 Å². The lowest BCUT2D eigenvalue weighted by Gasteiger charge is -2.36. The Hall–Kier alpha value is -2.13. The number of carbonyl (C=O) groups excluding carboxylic acids is 1. The molecular formula is C32H51NO2. The summed E-state index contributed by atoms with van der Waals surface area (Å²) in [5, 5.41) is 10.1. The third-order valence-corrected chi connectivity index (χ3v) is 7.11. The van der Waals surface area contributed by atoms with Gasteiger partial charge in [0, 0.05) is 5.56 Å². The van der Waals surface area contributed by atoms with Crippen LogP contribution in [0.5, 0.6) is 0 Å². The molecule has 0 aliphatic rings. The normalized spacial score (nSPS) is 12.0. The number of aromatic carboxylic acids is 1. The molecule has 0 saturated carbocycles. The number of nitrogens with zero attached hydrogens (tertiary/aromatic N) is 1. The SMILES string of the molecule is CCCCCCCCCCCCCCC(C)[N+](C)(C)Cc1ccccc1.O=C([O-])c1ccccc1. The molecule has 3 heteroatoms. The van der Waals surface area contributed by atoms with Gasteiger partial charge in [-0.3, -0.25) is 0 Å². The summed E-state index contributed by atoms with van der Waals surface area (Å²) in [7, 11) is 4.77. The minimum Gasteiger partial charge on any atom is -0.545 e. The van der Waals surface area contributed by atoms with E-state index in [9.17, 15) is 9.90 Å². The first-order valence-electron chi connectivity index (χ1n) is 14.0. The van der Waals surface area contributed by atoms with Gasteiger partial charge in [-0.25, -0.2) is 0 Å². The highest BCUT2D eigenvalue weighted by atomic mass is 16.4. The minimum absolute atomic E-state index is 0.220. The molecule has 0 fully saturated rings. The lowest BCUT2D eigenvalue weighted by molar-refractivity contribution is -0.926. The standard InChI is InChI=1S/C25H46N.C7H6O2/c1-5-6-7-8-9-10-11-12-13-14-15-17-20-24(2)26(3,4)23-25-21-18-16-19-22-25;8-7(9)6-4-2-1-3-5-6/h16,18-19,21-22,24H,5-15,17,20,23H2,1-4H3;1-5H,(H,8,9)/q+1;/p-1. The Bertz CT molecular complexity index is 758. The minimum atomic E-state index is -1.13. The van der Waals surface area contributed by atoms with Gasteiger partial charge in [0.15, 0.2) is 0 Å². The van der Waals surface area contributed by atoms with Gasteiger partial charge in [0.2, 0.25) is 0 Å². The maximum atomic E-state index is 10.1. The number of hydrogen-bond donors (Lipinski definition) is 0. The molecule has 0 aliphatic carbocycles. The highest BCUT2D eigenvalue weighted by molar-refractivity contribution is 5.85. The predicted molar refractivity (Wildman–Crippen MR) is 148 cm³/mol. The smallest absolute Gasteiger partial charge is 0.104 e. The largest absolute Gasteiger partial charge is 0.545 e. The number of carboxylic acids is 1. The summed E-state index contributed by atoms with van der Waals surface area (Å²) >= 11 is 0. The van der Waals surface area contributed by atoms with Gasteiger partial charge < -0.3 is 14.4 Å². The van der Waals surface area contributed by atoms with E-state index in [1.807, 2.05) is 0 Å². The average Bonchev–Trinajstić information content (AvgIpc) is 2.86. The molecule has 0 radical (unpaired) electrons. The van der Waals surface area contributed by atoms with Crippen LogP contribution < -0.4 is 5.11 Å². The first kappa shape index (κ1) is 30.9. The maximum absolute atomic E-state index is 10.1. The summed E-state index contributed by atoms with van der Waals surface area (Å²) in [6, 6.07) is 19.7. The van der Waals surface area contributed by atoms with Crippen LogP contribution in [-0.4, -0.2) is 30.6 Å². The number of quaternary nitrogens is 1. The summed E-state index contributed by atoms with van der Waals surface area (Å²) < 4.78 is 1.10. The lowest BCUT2D eigenvalue weighted by Crippen LogP contribution is -2.46. The molecule has 35 heavy (non-hydrogen) atoms. The number of unbranched alkanes of at least 4 members (excludes halogenated alkanes) is 11. The fraction of sp³-hybridized carbons (Fsp3) is 0.594. The Morgan fingerprint density at radius 2 is 1.14 bits per heavy atom. The van der Waals surface area contributed by atoms with Crippen molar-refractivity contribution < 1.29 is 14.4 Å². The van der Waals surface area contributed by atoms with E-state index in [0.29, 0.717) is 0 Å². The van der Waals surface area contributed by atoms with Crippen LogP contribution in [0.3, 0.4) is 0 Å². The van der Waals surface area contributed by atoms with Crippen molar-refractivity contribution in [3.8, 4) is 0 Å². The first-order chi connectivity index (χ1) is 16.9. The van der Waals surface area contributed by atoms with Crippen LogP contribution >= 0.6 is 0 Å². The molecule has 0 aliphatic heterocycles. The second-order valence-electron chi connectivity index (χ2n) is 10.6. The molecule has 196 valence electrons. The number of hydrogen-bond acceptors (Lipinski definition) is 2. The fourth-order valence-corrected chi connectivity index (χ4v) is 4.41. The Morgan fingerprint density at radius 1 is 0.714 bits per heavy atom. The summed E-state index contributed by atoms with van der Waals surface area (Å²) in [4.78, 5) is 10.1. The molecule has 0 amide bonds. The molecule has 1 atom stereocenters.